The van der Waals surface area contributed by atoms with Crippen LogP contribution in [0.2, 0.25) is 0 Å². The first-order valence-corrected chi connectivity index (χ1v) is 7.82. The number of fused-ring (bicyclic) bond motifs is 1. The normalized spacial score (nSPS) is 12.2. The van der Waals surface area contributed by atoms with Crippen LogP contribution in [0.4, 0.5) is 0 Å². The van der Waals surface area contributed by atoms with E-state index in [9.17, 15) is 4.79 Å². The second-order valence-electron chi connectivity index (χ2n) is 5.58. The van der Waals surface area contributed by atoms with Crippen LogP contribution < -0.4 is 5.32 Å². The van der Waals surface area contributed by atoms with E-state index in [1.807, 2.05) is 60.8 Å². The number of rotatable bonds is 6. The highest BCUT2D eigenvalue weighted by molar-refractivity contribution is 5.98. The van der Waals surface area contributed by atoms with Crippen molar-refractivity contribution in [3.05, 3.63) is 71.9 Å². The number of nitrogens with one attached hydrogen (secondary N) is 2. The van der Waals surface area contributed by atoms with Crippen LogP contribution in [-0.4, -0.2) is 22.6 Å². The molecule has 3 rings (SSSR count). The fourth-order valence-electron chi connectivity index (χ4n) is 2.74. The van der Waals surface area contributed by atoms with Crippen molar-refractivity contribution in [1.29, 1.82) is 0 Å². The van der Waals surface area contributed by atoms with Crippen molar-refractivity contribution in [3.8, 4) is 0 Å². The van der Waals surface area contributed by atoms with Gasteiger partial charge in [0.05, 0.1) is 6.04 Å². The lowest BCUT2D eigenvalue weighted by atomic mass is 10.0. The number of hydrogen-bond donors (Lipinski definition) is 3. The van der Waals surface area contributed by atoms with Crippen molar-refractivity contribution in [3.63, 3.8) is 0 Å². The summed E-state index contributed by atoms with van der Waals surface area (Å²) < 4.78 is 0. The molecule has 0 saturated heterocycles. The monoisotopic (exact) mass is 308 g/mol. The zero-order chi connectivity index (χ0) is 16.1. The summed E-state index contributed by atoms with van der Waals surface area (Å²) in [7, 11) is 0. The largest absolute Gasteiger partial charge is 0.396 e. The molecule has 2 aromatic carbocycles. The molecule has 1 unspecified atom stereocenters. The van der Waals surface area contributed by atoms with E-state index in [1.54, 1.807) is 0 Å². The molecule has 4 nitrogen and oxygen atoms in total. The fraction of sp³-hybridized carbons (Fsp3) is 0.211. The topological polar surface area (TPSA) is 65.1 Å². The number of aliphatic hydroxyl groups is 1. The van der Waals surface area contributed by atoms with Crippen LogP contribution in [0.15, 0.2) is 60.8 Å². The smallest absolute Gasteiger partial charge is 0.251 e. The first-order chi connectivity index (χ1) is 11.3. The van der Waals surface area contributed by atoms with Crippen molar-refractivity contribution in [2.75, 3.05) is 6.61 Å². The van der Waals surface area contributed by atoms with E-state index in [0.29, 0.717) is 18.4 Å². The Morgan fingerprint density at radius 3 is 2.74 bits per heavy atom. The zero-order valence-electron chi connectivity index (χ0n) is 12.8. The molecule has 1 atom stereocenters. The summed E-state index contributed by atoms with van der Waals surface area (Å²) in [5, 5.41) is 13.2. The maximum Gasteiger partial charge on any atom is 0.251 e. The Morgan fingerprint density at radius 2 is 1.96 bits per heavy atom. The van der Waals surface area contributed by atoms with Gasteiger partial charge in [-0.05, 0) is 42.7 Å². The van der Waals surface area contributed by atoms with Crippen LogP contribution in [0.25, 0.3) is 10.9 Å². The van der Waals surface area contributed by atoms with Crippen LogP contribution in [0.1, 0.15) is 34.8 Å². The first kappa shape index (κ1) is 15.3. The van der Waals surface area contributed by atoms with Crippen LogP contribution in [0, 0.1) is 0 Å². The van der Waals surface area contributed by atoms with Crippen molar-refractivity contribution in [1.82, 2.24) is 10.3 Å². The van der Waals surface area contributed by atoms with E-state index in [4.69, 9.17) is 5.11 Å². The molecule has 23 heavy (non-hydrogen) atoms. The minimum Gasteiger partial charge on any atom is -0.396 e. The number of carbonyl (C=O) groups is 1. The third-order valence-electron chi connectivity index (χ3n) is 3.97. The molecule has 0 aliphatic carbocycles. The summed E-state index contributed by atoms with van der Waals surface area (Å²) in [5.41, 5.74) is 2.71. The van der Waals surface area contributed by atoms with Gasteiger partial charge in [0.1, 0.15) is 0 Å². The summed E-state index contributed by atoms with van der Waals surface area (Å²) in [6.07, 6.45) is 3.22. The van der Waals surface area contributed by atoms with Crippen molar-refractivity contribution in [2.24, 2.45) is 0 Å². The Bertz CT molecular complexity index is 780. The number of carbonyl (C=O) groups excluding carboxylic acids is 1. The molecule has 1 heterocycles. The van der Waals surface area contributed by atoms with Gasteiger partial charge in [-0.1, -0.05) is 30.3 Å². The van der Waals surface area contributed by atoms with E-state index in [-0.39, 0.29) is 18.6 Å². The van der Waals surface area contributed by atoms with Gasteiger partial charge >= 0.3 is 0 Å². The van der Waals surface area contributed by atoms with E-state index < -0.39 is 0 Å². The Balaban J connectivity index is 1.79. The number of aromatic amines is 1. The zero-order valence-corrected chi connectivity index (χ0v) is 12.8. The lowest BCUT2D eigenvalue weighted by molar-refractivity contribution is 0.0932. The number of amides is 1. The molecule has 3 aromatic rings. The molecule has 3 N–H and O–H groups in total. The van der Waals surface area contributed by atoms with Crippen LogP contribution in [0.5, 0.6) is 0 Å². The average molecular weight is 308 g/mol. The van der Waals surface area contributed by atoms with Gasteiger partial charge < -0.3 is 15.4 Å². The molecule has 0 radical (unpaired) electrons. The van der Waals surface area contributed by atoms with E-state index in [1.165, 1.54) is 0 Å². The van der Waals surface area contributed by atoms with E-state index in [0.717, 1.165) is 16.5 Å². The number of aliphatic hydroxyl groups excluding tert-OH is 1. The molecule has 0 saturated carbocycles. The van der Waals surface area contributed by atoms with Gasteiger partial charge in [-0.2, -0.15) is 0 Å². The highest BCUT2D eigenvalue weighted by atomic mass is 16.3. The van der Waals surface area contributed by atoms with Gasteiger partial charge in [-0.15, -0.1) is 0 Å². The molecular weight excluding hydrogens is 288 g/mol. The molecule has 0 spiro atoms. The van der Waals surface area contributed by atoms with Crippen LogP contribution >= 0.6 is 0 Å². The lowest BCUT2D eigenvalue weighted by Gasteiger charge is -2.19. The van der Waals surface area contributed by atoms with E-state index in [2.05, 4.69) is 10.3 Å². The molecule has 1 aromatic heterocycles. The van der Waals surface area contributed by atoms with Crippen LogP contribution in [0.3, 0.4) is 0 Å². The van der Waals surface area contributed by atoms with Gasteiger partial charge in [0.25, 0.3) is 5.91 Å². The van der Waals surface area contributed by atoms with Gasteiger partial charge in [0.15, 0.2) is 0 Å². The van der Waals surface area contributed by atoms with E-state index >= 15 is 0 Å². The standard InChI is InChI=1S/C19H20N2O2/c22-12-4-7-18(14-5-2-1-3-6-14)21-19(23)16-8-9-17-15(13-16)10-11-20-17/h1-3,5-6,8-11,13,18,20,22H,4,7,12H2,(H,21,23). The first-order valence-electron chi connectivity index (χ1n) is 7.82. The predicted molar refractivity (Wildman–Crippen MR) is 91.3 cm³/mol. The number of hydrogen-bond acceptors (Lipinski definition) is 2. The Hall–Kier alpha value is -2.59. The molecular formula is C19H20N2O2. The Kier molecular flexibility index (Phi) is 4.74. The van der Waals surface area contributed by atoms with Crippen molar-refractivity contribution < 1.29 is 9.90 Å². The molecule has 1 amide bonds. The van der Waals surface area contributed by atoms with Gasteiger partial charge in [-0.25, -0.2) is 0 Å². The number of H-pyrrole nitrogens is 1. The third kappa shape index (κ3) is 3.60. The fourth-order valence-corrected chi connectivity index (χ4v) is 2.74. The summed E-state index contributed by atoms with van der Waals surface area (Å²) in [4.78, 5) is 15.7. The molecule has 118 valence electrons. The lowest BCUT2D eigenvalue weighted by Crippen LogP contribution is -2.28. The second-order valence-corrected chi connectivity index (χ2v) is 5.58. The molecule has 0 bridgehead atoms. The van der Waals surface area contributed by atoms with Gasteiger partial charge in [0, 0.05) is 29.3 Å². The van der Waals surface area contributed by atoms with Crippen molar-refractivity contribution >= 4 is 16.8 Å². The maximum absolute atomic E-state index is 12.6. The summed E-state index contributed by atoms with van der Waals surface area (Å²) in [5.74, 6) is -0.0973. The average Bonchev–Trinajstić information content (AvgIpc) is 3.06. The van der Waals surface area contributed by atoms with Gasteiger partial charge in [0.2, 0.25) is 0 Å². The van der Waals surface area contributed by atoms with Gasteiger partial charge in [-0.3, -0.25) is 4.79 Å². The molecule has 0 fully saturated rings. The molecule has 0 aliphatic heterocycles. The minimum absolute atomic E-state index is 0.0973. The predicted octanol–water partition coefficient (Wildman–Crippen LogP) is 3.41. The SMILES string of the molecule is O=C(NC(CCCO)c1ccccc1)c1ccc2[nH]ccc2c1. The quantitative estimate of drug-likeness (QED) is 0.653. The number of benzene rings is 2. The minimum atomic E-state index is -0.0993. The molecule has 4 heteroatoms. The number of aromatic nitrogens is 1. The highest BCUT2D eigenvalue weighted by Crippen LogP contribution is 2.20. The third-order valence-corrected chi connectivity index (χ3v) is 3.97. The summed E-state index contributed by atoms with van der Waals surface area (Å²) in [6, 6.07) is 17.3. The van der Waals surface area contributed by atoms with Crippen LogP contribution in [-0.2, 0) is 0 Å². The Morgan fingerprint density at radius 1 is 1.13 bits per heavy atom. The molecule has 0 aliphatic rings. The maximum atomic E-state index is 12.6. The summed E-state index contributed by atoms with van der Waals surface area (Å²) >= 11 is 0. The summed E-state index contributed by atoms with van der Waals surface area (Å²) in [6.45, 7) is 0.120. The van der Waals surface area contributed by atoms with Crippen molar-refractivity contribution in [2.45, 2.75) is 18.9 Å². The highest BCUT2D eigenvalue weighted by Gasteiger charge is 2.15. The second kappa shape index (κ2) is 7.11. The Labute approximate surface area is 135 Å².